The predicted octanol–water partition coefficient (Wildman–Crippen LogP) is 3.85. The van der Waals surface area contributed by atoms with Gasteiger partial charge in [0.1, 0.15) is 0 Å². The van der Waals surface area contributed by atoms with Crippen LogP contribution >= 0.6 is 0 Å². The van der Waals surface area contributed by atoms with Crippen molar-refractivity contribution < 1.29 is 9.53 Å². The van der Waals surface area contributed by atoms with E-state index in [1.807, 2.05) is 13.0 Å². The van der Waals surface area contributed by atoms with E-state index in [1.165, 1.54) is 16.7 Å². The van der Waals surface area contributed by atoms with Crippen molar-refractivity contribution >= 4 is 5.97 Å². The first kappa shape index (κ1) is 17.7. The highest BCUT2D eigenvalue weighted by molar-refractivity contribution is 5.73. The summed E-state index contributed by atoms with van der Waals surface area (Å²) in [5.74, 6) is 0.226. The zero-order chi connectivity index (χ0) is 17.6. The van der Waals surface area contributed by atoms with E-state index in [1.54, 1.807) is 0 Å². The number of ether oxygens (including phenoxy) is 1. The molecule has 0 N–H and O–H groups in total. The minimum Gasteiger partial charge on any atom is -0.466 e. The molecule has 0 aliphatic carbocycles. The molecule has 25 heavy (non-hydrogen) atoms. The number of nitrogens with zero attached hydrogens (tertiary/aromatic N) is 1. The lowest BCUT2D eigenvalue weighted by atomic mass is 9.89. The quantitative estimate of drug-likeness (QED) is 0.750. The summed E-state index contributed by atoms with van der Waals surface area (Å²) in [5, 5.41) is 0. The number of hydrogen-bond acceptors (Lipinski definition) is 3. The van der Waals surface area contributed by atoms with Gasteiger partial charge in [-0.2, -0.15) is 0 Å². The van der Waals surface area contributed by atoms with Gasteiger partial charge in [0, 0.05) is 19.6 Å². The number of esters is 1. The van der Waals surface area contributed by atoms with Crippen molar-refractivity contribution in [3.8, 4) is 0 Å². The summed E-state index contributed by atoms with van der Waals surface area (Å²) in [6.45, 7) is 7.05. The molecule has 2 aromatic carbocycles. The summed E-state index contributed by atoms with van der Waals surface area (Å²) in [6, 6.07) is 19.1. The molecule has 1 fully saturated rings. The molecule has 3 heteroatoms. The molecule has 0 spiro atoms. The molecule has 1 saturated heterocycles. The highest BCUT2D eigenvalue weighted by Gasteiger charge is 2.38. The van der Waals surface area contributed by atoms with E-state index in [0.29, 0.717) is 12.5 Å². The molecule has 132 valence electrons. The zero-order valence-corrected chi connectivity index (χ0v) is 15.2. The lowest BCUT2D eigenvalue weighted by Gasteiger charge is -2.17. The van der Waals surface area contributed by atoms with Crippen molar-refractivity contribution in [2.24, 2.45) is 11.8 Å². The largest absolute Gasteiger partial charge is 0.466 e. The van der Waals surface area contributed by atoms with Crippen molar-refractivity contribution in [1.82, 2.24) is 4.90 Å². The van der Waals surface area contributed by atoms with Crippen LogP contribution in [0.1, 0.15) is 23.6 Å². The summed E-state index contributed by atoms with van der Waals surface area (Å²) in [6.07, 6.45) is 0.927. The van der Waals surface area contributed by atoms with Crippen LogP contribution in [0.3, 0.4) is 0 Å². The second kappa shape index (κ2) is 8.30. The van der Waals surface area contributed by atoms with Gasteiger partial charge >= 0.3 is 5.97 Å². The molecule has 1 aliphatic heterocycles. The third-order valence-electron chi connectivity index (χ3n) is 4.94. The topological polar surface area (TPSA) is 29.5 Å². The molecule has 0 radical (unpaired) electrons. The molecular formula is C22H27NO2. The predicted molar refractivity (Wildman–Crippen MR) is 100 cm³/mol. The molecule has 2 aromatic rings. The average Bonchev–Trinajstić information content (AvgIpc) is 2.98. The summed E-state index contributed by atoms with van der Waals surface area (Å²) in [5.41, 5.74) is 3.87. The van der Waals surface area contributed by atoms with Crippen LogP contribution in [-0.4, -0.2) is 30.6 Å². The van der Waals surface area contributed by atoms with Crippen LogP contribution in [0.15, 0.2) is 54.6 Å². The van der Waals surface area contributed by atoms with E-state index in [2.05, 4.69) is 60.4 Å². The number of likely N-dealkylation sites (tertiary alicyclic amines) is 1. The highest BCUT2D eigenvalue weighted by atomic mass is 16.5. The van der Waals surface area contributed by atoms with Crippen LogP contribution in [0.2, 0.25) is 0 Å². The third-order valence-corrected chi connectivity index (χ3v) is 4.94. The van der Waals surface area contributed by atoms with Crippen LogP contribution in [0.4, 0.5) is 0 Å². The minimum absolute atomic E-state index is 0.0378. The maximum Gasteiger partial charge on any atom is 0.310 e. The number of aryl methyl sites for hydroxylation is 1. The minimum atomic E-state index is -0.0456. The normalized spacial score (nSPS) is 20.6. The zero-order valence-electron chi connectivity index (χ0n) is 15.2. The van der Waals surface area contributed by atoms with Gasteiger partial charge in [0.05, 0.1) is 12.5 Å². The monoisotopic (exact) mass is 337 g/mol. The molecule has 2 atom stereocenters. The summed E-state index contributed by atoms with van der Waals surface area (Å²) < 4.78 is 5.35. The molecule has 0 unspecified atom stereocenters. The van der Waals surface area contributed by atoms with Crippen molar-refractivity contribution in [3.05, 3.63) is 71.3 Å². The lowest BCUT2D eigenvalue weighted by molar-refractivity contribution is -0.148. The van der Waals surface area contributed by atoms with E-state index < -0.39 is 0 Å². The first-order valence-corrected chi connectivity index (χ1v) is 9.14. The van der Waals surface area contributed by atoms with Crippen LogP contribution < -0.4 is 0 Å². The molecule has 0 bridgehead atoms. The SMILES string of the molecule is CCOC(=O)[C@@H]1CN(Cc2ccccc2)C[C@H]1Cc1cccc(C)c1. The number of carbonyl (C=O) groups is 1. The maximum atomic E-state index is 12.5. The molecule has 3 nitrogen and oxygen atoms in total. The van der Waals surface area contributed by atoms with Crippen LogP contribution in [0.25, 0.3) is 0 Å². The Morgan fingerprint density at radius 1 is 1.08 bits per heavy atom. The smallest absolute Gasteiger partial charge is 0.310 e. The van der Waals surface area contributed by atoms with Crippen molar-refractivity contribution in [2.45, 2.75) is 26.8 Å². The van der Waals surface area contributed by atoms with Crippen LogP contribution in [0.5, 0.6) is 0 Å². The Bertz CT molecular complexity index is 698. The van der Waals surface area contributed by atoms with Gasteiger partial charge in [-0.05, 0) is 37.3 Å². The van der Waals surface area contributed by atoms with Gasteiger partial charge in [0.25, 0.3) is 0 Å². The molecule has 0 saturated carbocycles. The molecular weight excluding hydrogens is 310 g/mol. The second-order valence-electron chi connectivity index (χ2n) is 6.99. The van der Waals surface area contributed by atoms with E-state index in [4.69, 9.17) is 4.74 Å². The average molecular weight is 337 g/mol. The third kappa shape index (κ3) is 4.70. The lowest BCUT2D eigenvalue weighted by Crippen LogP contribution is -2.26. The van der Waals surface area contributed by atoms with Crippen molar-refractivity contribution in [2.75, 3.05) is 19.7 Å². The number of rotatable bonds is 6. The van der Waals surface area contributed by atoms with Gasteiger partial charge in [0.15, 0.2) is 0 Å². The molecule has 1 heterocycles. The molecule has 1 aliphatic rings. The molecule has 0 amide bonds. The number of benzene rings is 2. The fourth-order valence-corrected chi connectivity index (χ4v) is 3.80. The Hall–Kier alpha value is -2.13. The van der Waals surface area contributed by atoms with Crippen molar-refractivity contribution in [3.63, 3.8) is 0 Å². The second-order valence-corrected chi connectivity index (χ2v) is 6.99. The highest BCUT2D eigenvalue weighted by Crippen LogP contribution is 2.29. The molecule has 0 aromatic heterocycles. The van der Waals surface area contributed by atoms with Crippen LogP contribution in [-0.2, 0) is 22.5 Å². The van der Waals surface area contributed by atoms with Gasteiger partial charge < -0.3 is 4.74 Å². The first-order chi connectivity index (χ1) is 12.2. The standard InChI is InChI=1S/C22H27NO2/c1-3-25-22(24)21-16-23(14-18-9-5-4-6-10-18)15-20(21)13-19-11-7-8-17(2)12-19/h4-12,20-21H,3,13-16H2,1-2H3/t20-,21-/m1/s1. The molecule has 3 rings (SSSR count). The van der Waals surface area contributed by atoms with Gasteiger partial charge in [-0.1, -0.05) is 60.2 Å². The fraction of sp³-hybridized carbons (Fsp3) is 0.409. The first-order valence-electron chi connectivity index (χ1n) is 9.14. The summed E-state index contributed by atoms with van der Waals surface area (Å²) in [7, 11) is 0. The maximum absolute atomic E-state index is 12.5. The van der Waals surface area contributed by atoms with Gasteiger partial charge in [0.2, 0.25) is 0 Å². The Labute approximate surface area is 150 Å². The van der Waals surface area contributed by atoms with E-state index in [-0.39, 0.29) is 11.9 Å². The Balaban J connectivity index is 1.72. The number of carbonyl (C=O) groups excluding carboxylic acids is 1. The fourth-order valence-electron chi connectivity index (χ4n) is 3.80. The van der Waals surface area contributed by atoms with E-state index in [9.17, 15) is 4.79 Å². The van der Waals surface area contributed by atoms with Gasteiger partial charge in [-0.25, -0.2) is 0 Å². The Morgan fingerprint density at radius 3 is 2.56 bits per heavy atom. The van der Waals surface area contributed by atoms with Crippen LogP contribution in [0, 0.1) is 18.8 Å². The van der Waals surface area contributed by atoms with Gasteiger partial charge in [-0.3, -0.25) is 9.69 Å². The Kier molecular flexibility index (Phi) is 5.87. The summed E-state index contributed by atoms with van der Waals surface area (Å²) >= 11 is 0. The Morgan fingerprint density at radius 2 is 1.84 bits per heavy atom. The van der Waals surface area contributed by atoms with E-state index in [0.717, 1.165) is 26.1 Å². The number of hydrogen-bond donors (Lipinski definition) is 0. The van der Waals surface area contributed by atoms with Gasteiger partial charge in [-0.15, -0.1) is 0 Å². The van der Waals surface area contributed by atoms with Crippen molar-refractivity contribution in [1.29, 1.82) is 0 Å². The summed E-state index contributed by atoms with van der Waals surface area (Å²) in [4.78, 5) is 14.8. The van der Waals surface area contributed by atoms with E-state index >= 15 is 0 Å².